The number of hydrogen-bond acceptors (Lipinski definition) is 4. The lowest BCUT2D eigenvalue weighted by Crippen LogP contribution is -2.32. The normalized spacial score (nSPS) is 9.56. The average molecular weight is 224 g/mol. The first-order valence-electron chi connectivity index (χ1n) is 4.58. The van der Waals surface area contributed by atoms with E-state index < -0.39 is 12.1 Å². The van der Waals surface area contributed by atoms with Crippen LogP contribution < -0.4 is 0 Å². The molecule has 0 fully saturated rings. The molecule has 0 aliphatic rings. The summed E-state index contributed by atoms with van der Waals surface area (Å²) in [6.07, 6.45) is 2.51. The van der Waals surface area contributed by atoms with E-state index in [-0.39, 0.29) is 13.2 Å². The lowest BCUT2D eigenvalue weighted by Gasteiger charge is -2.14. The number of carbonyl (C=O) groups excluding carboxylic acids is 1. The van der Waals surface area contributed by atoms with Gasteiger partial charge in [-0.1, -0.05) is 6.07 Å². The van der Waals surface area contributed by atoms with Gasteiger partial charge in [-0.25, -0.2) is 4.79 Å². The van der Waals surface area contributed by atoms with Crippen molar-refractivity contribution in [3.05, 3.63) is 30.1 Å². The second-order valence-electron chi connectivity index (χ2n) is 3.17. The first kappa shape index (κ1) is 12.0. The van der Waals surface area contributed by atoms with E-state index in [0.29, 0.717) is 0 Å². The van der Waals surface area contributed by atoms with E-state index in [1.807, 2.05) is 0 Å². The number of amides is 1. The zero-order valence-corrected chi connectivity index (χ0v) is 8.79. The monoisotopic (exact) mass is 224 g/mol. The van der Waals surface area contributed by atoms with Gasteiger partial charge in [-0.2, -0.15) is 0 Å². The zero-order valence-electron chi connectivity index (χ0n) is 8.79. The number of likely N-dealkylation sites (N-methyl/N-ethyl adjacent to an activating group) is 1. The van der Waals surface area contributed by atoms with E-state index in [1.165, 1.54) is 7.05 Å². The minimum Gasteiger partial charge on any atom is -0.480 e. The first-order chi connectivity index (χ1) is 7.59. The van der Waals surface area contributed by atoms with Crippen LogP contribution in [0.3, 0.4) is 0 Å². The molecule has 1 N–H and O–H groups in total. The number of carbonyl (C=O) groups is 2. The number of nitrogens with zero attached hydrogens (tertiary/aromatic N) is 2. The predicted molar refractivity (Wildman–Crippen MR) is 54.7 cm³/mol. The Morgan fingerprint density at radius 3 is 2.88 bits per heavy atom. The highest BCUT2D eigenvalue weighted by atomic mass is 16.6. The molecule has 1 heterocycles. The van der Waals surface area contributed by atoms with Crippen LogP contribution in [0, 0.1) is 0 Å². The molecule has 0 aliphatic heterocycles. The highest BCUT2D eigenvalue weighted by Gasteiger charge is 2.12. The van der Waals surface area contributed by atoms with Crippen LogP contribution in [-0.2, 0) is 16.1 Å². The second kappa shape index (κ2) is 5.69. The molecule has 0 unspecified atom stereocenters. The average Bonchev–Trinajstić information content (AvgIpc) is 2.26. The number of carboxylic acid groups (broad SMARTS) is 1. The summed E-state index contributed by atoms with van der Waals surface area (Å²) in [4.78, 5) is 26.4. The third-order valence-electron chi connectivity index (χ3n) is 1.77. The molecule has 0 saturated heterocycles. The molecule has 1 rings (SSSR count). The van der Waals surface area contributed by atoms with Gasteiger partial charge in [-0.3, -0.25) is 9.78 Å². The van der Waals surface area contributed by atoms with Crippen molar-refractivity contribution in [1.29, 1.82) is 0 Å². The van der Waals surface area contributed by atoms with Crippen molar-refractivity contribution < 1.29 is 19.4 Å². The molecule has 1 aromatic heterocycles. The Labute approximate surface area is 92.5 Å². The van der Waals surface area contributed by atoms with Crippen LogP contribution in [0.5, 0.6) is 0 Å². The fraction of sp³-hybridized carbons (Fsp3) is 0.300. The van der Waals surface area contributed by atoms with Crippen molar-refractivity contribution in [2.45, 2.75) is 6.61 Å². The Morgan fingerprint density at radius 2 is 2.31 bits per heavy atom. The Morgan fingerprint density at radius 1 is 1.56 bits per heavy atom. The highest BCUT2D eigenvalue weighted by molar-refractivity contribution is 5.76. The summed E-state index contributed by atoms with van der Waals surface area (Å²) >= 11 is 0. The van der Waals surface area contributed by atoms with Crippen molar-refractivity contribution in [2.24, 2.45) is 0 Å². The van der Waals surface area contributed by atoms with Gasteiger partial charge in [0.2, 0.25) is 0 Å². The van der Waals surface area contributed by atoms with E-state index in [2.05, 4.69) is 4.98 Å². The van der Waals surface area contributed by atoms with Gasteiger partial charge in [0, 0.05) is 25.0 Å². The van der Waals surface area contributed by atoms with Crippen LogP contribution >= 0.6 is 0 Å². The van der Waals surface area contributed by atoms with Gasteiger partial charge in [-0.15, -0.1) is 0 Å². The fourth-order valence-corrected chi connectivity index (χ4v) is 1.01. The fourth-order valence-electron chi connectivity index (χ4n) is 1.01. The Kier molecular flexibility index (Phi) is 4.26. The summed E-state index contributed by atoms with van der Waals surface area (Å²) in [6, 6.07) is 3.49. The van der Waals surface area contributed by atoms with E-state index >= 15 is 0 Å². The van der Waals surface area contributed by atoms with E-state index in [9.17, 15) is 9.59 Å². The summed E-state index contributed by atoms with van der Waals surface area (Å²) in [7, 11) is 1.36. The molecule has 0 saturated carbocycles. The molecule has 16 heavy (non-hydrogen) atoms. The molecular formula is C10H12N2O4. The molecule has 0 atom stereocenters. The van der Waals surface area contributed by atoms with Crippen LogP contribution in [0.1, 0.15) is 5.56 Å². The largest absolute Gasteiger partial charge is 0.480 e. The van der Waals surface area contributed by atoms with Crippen molar-refractivity contribution in [3.8, 4) is 0 Å². The van der Waals surface area contributed by atoms with Gasteiger partial charge < -0.3 is 14.7 Å². The molecular weight excluding hydrogens is 212 g/mol. The molecule has 1 aromatic rings. The van der Waals surface area contributed by atoms with Crippen LogP contribution in [-0.4, -0.2) is 40.6 Å². The first-order valence-corrected chi connectivity index (χ1v) is 4.58. The summed E-state index contributed by atoms with van der Waals surface area (Å²) in [5.74, 6) is -1.08. The van der Waals surface area contributed by atoms with Crippen LogP contribution in [0.2, 0.25) is 0 Å². The molecule has 0 aromatic carbocycles. The topological polar surface area (TPSA) is 79.7 Å². The maximum Gasteiger partial charge on any atom is 0.410 e. The van der Waals surface area contributed by atoms with Gasteiger partial charge >= 0.3 is 12.1 Å². The lowest BCUT2D eigenvalue weighted by atomic mass is 10.3. The summed E-state index contributed by atoms with van der Waals surface area (Å²) in [6.45, 7) is -0.303. The van der Waals surface area contributed by atoms with Crippen LogP contribution in [0.4, 0.5) is 4.79 Å². The van der Waals surface area contributed by atoms with Crippen molar-refractivity contribution in [2.75, 3.05) is 13.6 Å². The smallest absolute Gasteiger partial charge is 0.410 e. The zero-order chi connectivity index (χ0) is 12.0. The summed E-state index contributed by atoms with van der Waals surface area (Å²) in [5.41, 5.74) is 0.750. The summed E-state index contributed by atoms with van der Waals surface area (Å²) < 4.78 is 4.87. The minimum atomic E-state index is -1.08. The molecule has 1 amide bonds. The van der Waals surface area contributed by atoms with Gasteiger partial charge in [0.25, 0.3) is 0 Å². The van der Waals surface area contributed by atoms with Crippen molar-refractivity contribution >= 4 is 12.1 Å². The maximum atomic E-state index is 11.3. The Hall–Kier alpha value is -2.11. The summed E-state index contributed by atoms with van der Waals surface area (Å²) in [5, 5.41) is 8.46. The quantitative estimate of drug-likeness (QED) is 0.815. The predicted octanol–water partition coefficient (Wildman–Crippen LogP) is 0.735. The van der Waals surface area contributed by atoms with Gasteiger partial charge in [0.1, 0.15) is 13.2 Å². The molecule has 0 radical (unpaired) electrons. The SMILES string of the molecule is CN(CC(=O)O)C(=O)OCc1cccnc1. The third-order valence-corrected chi connectivity index (χ3v) is 1.77. The van der Waals surface area contributed by atoms with E-state index in [0.717, 1.165) is 10.5 Å². The van der Waals surface area contributed by atoms with Crippen molar-refractivity contribution in [1.82, 2.24) is 9.88 Å². The van der Waals surface area contributed by atoms with Crippen LogP contribution in [0.15, 0.2) is 24.5 Å². The molecule has 86 valence electrons. The number of rotatable bonds is 4. The maximum absolute atomic E-state index is 11.3. The standard InChI is InChI=1S/C10H12N2O4/c1-12(6-9(13)14)10(15)16-7-8-3-2-4-11-5-8/h2-5H,6-7H2,1H3,(H,13,14). The van der Waals surface area contributed by atoms with E-state index in [4.69, 9.17) is 9.84 Å². The molecule has 0 spiro atoms. The van der Waals surface area contributed by atoms with Gasteiger partial charge in [0.15, 0.2) is 0 Å². The molecule has 6 heteroatoms. The van der Waals surface area contributed by atoms with Crippen LogP contribution in [0.25, 0.3) is 0 Å². The molecule has 6 nitrogen and oxygen atoms in total. The van der Waals surface area contributed by atoms with E-state index in [1.54, 1.807) is 24.5 Å². The minimum absolute atomic E-state index is 0.0800. The molecule has 0 bridgehead atoms. The lowest BCUT2D eigenvalue weighted by molar-refractivity contribution is -0.137. The number of hydrogen-bond donors (Lipinski definition) is 1. The number of aromatic nitrogens is 1. The second-order valence-corrected chi connectivity index (χ2v) is 3.17. The van der Waals surface area contributed by atoms with Gasteiger partial charge in [-0.05, 0) is 6.07 Å². The highest BCUT2D eigenvalue weighted by Crippen LogP contribution is 2.00. The Bertz CT molecular complexity index is 366. The number of aliphatic carboxylic acids is 1. The van der Waals surface area contributed by atoms with Gasteiger partial charge in [0.05, 0.1) is 0 Å². The van der Waals surface area contributed by atoms with Crippen molar-refractivity contribution in [3.63, 3.8) is 0 Å². The Balaban J connectivity index is 2.38. The number of ether oxygens (including phenoxy) is 1. The number of carboxylic acids is 1. The third kappa shape index (κ3) is 3.95. The number of pyridine rings is 1. The molecule has 0 aliphatic carbocycles.